The molecule has 0 aromatic heterocycles. The minimum absolute atomic E-state index is 0.127. The Kier molecular flexibility index (Phi) is 7.90. The molecule has 1 fully saturated rings. The highest BCUT2D eigenvalue weighted by atomic mass is 35.5. The van der Waals surface area contributed by atoms with Crippen molar-refractivity contribution in [2.75, 3.05) is 16.8 Å². The molecule has 2 amide bonds. The quantitative estimate of drug-likeness (QED) is 0.278. The molecule has 0 atom stereocenters. The second kappa shape index (κ2) is 11.1. The third-order valence-corrected chi connectivity index (χ3v) is 7.11. The number of nitrogens with zero attached hydrogens (tertiary/aromatic N) is 1. The number of benzene rings is 3. The van der Waals surface area contributed by atoms with E-state index in [0.29, 0.717) is 25.7 Å². The molecule has 35 heavy (non-hydrogen) atoms. The van der Waals surface area contributed by atoms with Crippen LogP contribution >= 0.6 is 35.6 Å². The second-order valence-electron chi connectivity index (χ2n) is 7.87. The van der Waals surface area contributed by atoms with Crippen LogP contribution in [0.15, 0.2) is 71.6 Å². The first-order chi connectivity index (χ1) is 16.9. The molecule has 0 unspecified atom stereocenters. The standard InChI is InChI=1S/C27H23ClN2O3S2/c1-3-19-8-4-5-10-23(19)29-25(31)16-33-21-9-6-7-18(13-21)14-24-26(32)30(27(34)35-24)20-12-11-17(2)22(28)15-20/h4-15H,3,16H2,1-2H3,(H,29,31)/b24-14-. The number of aryl methyl sites for hydroxylation is 2. The molecular weight excluding hydrogens is 500 g/mol. The van der Waals surface area contributed by atoms with Gasteiger partial charge in [-0.2, -0.15) is 0 Å². The highest BCUT2D eigenvalue weighted by molar-refractivity contribution is 8.27. The number of carbonyl (C=O) groups is 2. The molecule has 3 aromatic rings. The zero-order chi connectivity index (χ0) is 24.9. The lowest BCUT2D eigenvalue weighted by Gasteiger charge is -2.15. The van der Waals surface area contributed by atoms with Gasteiger partial charge < -0.3 is 10.1 Å². The predicted molar refractivity (Wildman–Crippen MR) is 148 cm³/mol. The van der Waals surface area contributed by atoms with Crippen molar-refractivity contribution in [3.63, 3.8) is 0 Å². The summed E-state index contributed by atoms with van der Waals surface area (Å²) in [6.45, 7) is 3.81. The number of carbonyl (C=O) groups excluding carboxylic acids is 2. The van der Waals surface area contributed by atoms with Crippen molar-refractivity contribution < 1.29 is 14.3 Å². The van der Waals surface area contributed by atoms with Gasteiger partial charge in [-0.05, 0) is 66.4 Å². The van der Waals surface area contributed by atoms with Crippen LogP contribution in [0.25, 0.3) is 6.08 Å². The van der Waals surface area contributed by atoms with Gasteiger partial charge in [0.1, 0.15) is 5.75 Å². The monoisotopic (exact) mass is 522 g/mol. The average molecular weight is 523 g/mol. The van der Waals surface area contributed by atoms with Gasteiger partial charge in [0, 0.05) is 10.7 Å². The molecular formula is C27H23ClN2O3S2. The Morgan fingerprint density at radius 1 is 1.14 bits per heavy atom. The van der Waals surface area contributed by atoms with Crippen molar-refractivity contribution in [3.8, 4) is 5.75 Å². The summed E-state index contributed by atoms with van der Waals surface area (Å²) in [5.41, 5.74) is 4.18. The molecule has 5 nitrogen and oxygen atoms in total. The van der Waals surface area contributed by atoms with Crippen LogP contribution in [0.5, 0.6) is 5.75 Å². The number of hydrogen-bond acceptors (Lipinski definition) is 5. The zero-order valence-corrected chi connectivity index (χ0v) is 21.6. The maximum atomic E-state index is 13.1. The first kappa shape index (κ1) is 25.0. The van der Waals surface area contributed by atoms with Gasteiger partial charge in [-0.25, -0.2) is 0 Å². The van der Waals surface area contributed by atoms with Crippen molar-refractivity contribution in [1.82, 2.24) is 0 Å². The van der Waals surface area contributed by atoms with Crippen LogP contribution in [0.2, 0.25) is 5.02 Å². The Morgan fingerprint density at radius 2 is 1.94 bits per heavy atom. The number of para-hydroxylation sites is 1. The van der Waals surface area contributed by atoms with Gasteiger partial charge in [0.15, 0.2) is 10.9 Å². The fourth-order valence-corrected chi connectivity index (χ4v) is 5.02. The number of nitrogens with one attached hydrogen (secondary N) is 1. The Balaban J connectivity index is 1.43. The second-order valence-corrected chi connectivity index (χ2v) is 9.95. The summed E-state index contributed by atoms with van der Waals surface area (Å²) in [4.78, 5) is 27.4. The van der Waals surface area contributed by atoms with Gasteiger partial charge in [0.25, 0.3) is 11.8 Å². The molecule has 1 heterocycles. The van der Waals surface area contributed by atoms with Crippen LogP contribution in [0.1, 0.15) is 23.6 Å². The van der Waals surface area contributed by atoms with E-state index in [0.717, 1.165) is 28.8 Å². The fraction of sp³-hybridized carbons (Fsp3) is 0.148. The maximum Gasteiger partial charge on any atom is 0.270 e. The number of thioether (sulfide) groups is 1. The number of amides is 2. The van der Waals surface area contributed by atoms with E-state index in [4.69, 9.17) is 28.6 Å². The Morgan fingerprint density at radius 3 is 2.71 bits per heavy atom. The number of ether oxygens (including phenoxy) is 1. The fourth-order valence-electron chi connectivity index (χ4n) is 3.54. The molecule has 1 N–H and O–H groups in total. The average Bonchev–Trinajstić information content (AvgIpc) is 3.12. The molecule has 8 heteroatoms. The molecule has 0 saturated carbocycles. The smallest absolute Gasteiger partial charge is 0.270 e. The van der Waals surface area contributed by atoms with Crippen LogP contribution in [0.4, 0.5) is 11.4 Å². The van der Waals surface area contributed by atoms with Crippen molar-refractivity contribution in [2.45, 2.75) is 20.3 Å². The summed E-state index contributed by atoms with van der Waals surface area (Å²) < 4.78 is 6.14. The molecule has 0 bridgehead atoms. The number of anilines is 2. The number of halogens is 1. The van der Waals surface area contributed by atoms with Crippen LogP contribution in [0, 0.1) is 6.92 Å². The SMILES string of the molecule is CCc1ccccc1NC(=O)COc1cccc(/C=C2\SC(=S)N(c3ccc(C)c(Cl)c3)C2=O)c1. The normalized spacial score (nSPS) is 14.5. The first-order valence-electron chi connectivity index (χ1n) is 11.0. The van der Waals surface area contributed by atoms with E-state index in [9.17, 15) is 9.59 Å². The summed E-state index contributed by atoms with van der Waals surface area (Å²) in [7, 11) is 0. The molecule has 3 aromatic carbocycles. The first-order valence-corrected chi connectivity index (χ1v) is 12.6. The van der Waals surface area contributed by atoms with Gasteiger partial charge in [-0.3, -0.25) is 14.5 Å². The minimum Gasteiger partial charge on any atom is -0.484 e. The van der Waals surface area contributed by atoms with Crippen LogP contribution in [-0.2, 0) is 16.0 Å². The van der Waals surface area contributed by atoms with Gasteiger partial charge in [-0.15, -0.1) is 0 Å². The Hall–Kier alpha value is -3.13. The minimum atomic E-state index is -0.242. The van der Waals surface area contributed by atoms with Gasteiger partial charge in [0.05, 0.1) is 10.6 Å². The number of thiocarbonyl (C=S) groups is 1. The van der Waals surface area contributed by atoms with Crippen LogP contribution < -0.4 is 15.0 Å². The molecule has 1 saturated heterocycles. The zero-order valence-electron chi connectivity index (χ0n) is 19.2. The molecule has 0 radical (unpaired) electrons. The molecule has 178 valence electrons. The van der Waals surface area contributed by atoms with E-state index in [1.165, 1.54) is 16.7 Å². The van der Waals surface area contributed by atoms with E-state index in [-0.39, 0.29) is 18.4 Å². The van der Waals surface area contributed by atoms with Crippen molar-refractivity contribution >= 4 is 69.2 Å². The van der Waals surface area contributed by atoms with E-state index >= 15 is 0 Å². The van der Waals surface area contributed by atoms with E-state index in [2.05, 4.69) is 5.32 Å². The van der Waals surface area contributed by atoms with E-state index in [1.54, 1.807) is 24.3 Å². The summed E-state index contributed by atoms with van der Waals surface area (Å²) in [5, 5.41) is 3.47. The number of hydrogen-bond donors (Lipinski definition) is 1. The third kappa shape index (κ3) is 5.93. The summed E-state index contributed by atoms with van der Waals surface area (Å²) in [6, 6.07) is 20.3. The molecule has 0 aliphatic carbocycles. The Bertz CT molecular complexity index is 1340. The lowest BCUT2D eigenvalue weighted by Crippen LogP contribution is -2.27. The van der Waals surface area contributed by atoms with Crippen LogP contribution in [-0.4, -0.2) is 22.7 Å². The van der Waals surface area contributed by atoms with Crippen molar-refractivity contribution in [2.24, 2.45) is 0 Å². The van der Waals surface area contributed by atoms with Gasteiger partial charge in [-0.1, -0.05) is 78.9 Å². The highest BCUT2D eigenvalue weighted by Crippen LogP contribution is 2.37. The molecule has 1 aliphatic rings. The topological polar surface area (TPSA) is 58.6 Å². The van der Waals surface area contributed by atoms with E-state index in [1.807, 2.05) is 62.4 Å². The predicted octanol–water partition coefficient (Wildman–Crippen LogP) is 6.63. The number of rotatable bonds is 7. The Labute approximate surface area is 219 Å². The van der Waals surface area contributed by atoms with Gasteiger partial charge in [0.2, 0.25) is 0 Å². The maximum absolute atomic E-state index is 13.1. The lowest BCUT2D eigenvalue weighted by molar-refractivity contribution is -0.118. The van der Waals surface area contributed by atoms with Crippen molar-refractivity contribution in [3.05, 3.63) is 93.3 Å². The van der Waals surface area contributed by atoms with Gasteiger partial charge >= 0.3 is 0 Å². The summed E-state index contributed by atoms with van der Waals surface area (Å²) >= 11 is 12.9. The third-order valence-electron chi connectivity index (χ3n) is 5.41. The largest absolute Gasteiger partial charge is 0.484 e. The molecule has 4 rings (SSSR count). The van der Waals surface area contributed by atoms with E-state index < -0.39 is 0 Å². The highest BCUT2D eigenvalue weighted by Gasteiger charge is 2.33. The summed E-state index contributed by atoms with van der Waals surface area (Å²) in [5.74, 6) is 0.0765. The van der Waals surface area contributed by atoms with Crippen molar-refractivity contribution in [1.29, 1.82) is 0 Å². The molecule has 0 spiro atoms. The molecule has 1 aliphatic heterocycles. The summed E-state index contributed by atoms with van der Waals surface area (Å²) in [6.07, 6.45) is 2.59. The van der Waals surface area contributed by atoms with Crippen LogP contribution in [0.3, 0.4) is 0 Å². The lowest BCUT2D eigenvalue weighted by atomic mass is 10.1.